The molecule has 1 aromatic heterocycles. The van der Waals surface area contributed by atoms with E-state index < -0.39 is 59.4 Å². The van der Waals surface area contributed by atoms with E-state index in [4.69, 9.17) is 18.9 Å². The molecule has 2 fully saturated rings. The van der Waals surface area contributed by atoms with Crippen molar-refractivity contribution < 1.29 is 43.2 Å². The van der Waals surface area contributed by atoms with Crippen molar-refractivity contribution in [3.8, 4) is 17.6 Å². The summed E-state index contributed by atoms with van der Waals surface area (Å²) in [6.45, 7) is 0.623. The highest BCUT2D eigenvalue weighted by molar-refractivity contribution is 6.23. The van der Waals surface area contributed by atoms with Gasteiger partial charge in [-0.1, -0.05) is 127 Å². The molecule has 0 bridgehead atoms. The Morgan fingerprint density at radius 1 is 0.831 bits per heavy atom. The van der Waals surface area contributed by atoms with Gasteiger partial charge >= 0.3 is 12.1 Å². The summed E-state index contributed by atoms with van der Waals surface area (Å²) in [6.07, 6.45) is 0.0900. The summed E-state index contributed by atoms with van der Waals surface area (Å²) in [7, 11) is 3.45. The molecule has 2 N–H and O–H groups in total. The van der Waals surface area contributed by atoms with Gasteiger partial charge in [-0.3, -0.25) is 29.2 Å². The largest absolute Gasteiger partial charge is 0.491 e. The lowest BCUT2D eigenvalue weighted by molar-refractivity contribution is -0.178. The maximum Gasteiger partial charge on any atom is 0.421 e. The van der Waals surface area contributed by atoms with Crippen molar-refractivity contribution in [3.63, 3.8) is 0 Å². The second kappa shape index (κ2) is 22.0. The summed E-state index contributed by atoms with van der Waals surface area (Å²) < 4.78 is 23.9. The van der Waals surface area contributed by atoms with Crippen LogP contribution in [0.2, 0.25) is 0 Å². The van der Waals surface area contributed by atoms with Gasteiger partial charge in [0.2, 0.25) is 11.8 Å². The number of benzene rings is 5. The molecule has 3 aliphatic rings. The summed E-state index contributed by atoms with van der Waals surface area (Å²) in [5.41, 5.74) is 2.59. The van der Waals surface area contributed by atoms with Crippen molar-refractivity contribution >= 4 is 29.6 Å². The van der Waals surface area contributed by atoms with Gasteiger partial charge in [0.15, 0.2) is 0 Å². The Labute approximate surface area is 413 Å². The molecule has 5 aromatic carbocycles. The molecule has 14 nitrogen and oxygen atoms in total. The number of hydrogen-bond donors (Lipinski definition) is 2. The number of nitrogens with zero attached hydrogens (tertiary/aromatic N) is 4. The lowest BCUT2D eigenvalue weighted by atomic mass is 9.65. The number of morpholine rings is 1. The molecule has 2 saturated heterocycles. The number of methoxy groups -OCH3 is 1. The van der Waals surface area contributed by atoms with E-state index in [-0.39, 0.29) is 44.2 Å². The summed E-state index contributed by atoms with van der Waals surface area (Å²) in [5.74, 6) is 3.20. The van der Waals surface area contributed by atoms with Crippen LogP contribution >= 0.6 is 0 Å². The zero-order valence-electron chi connectivity index (χ0n) is 39.6. The minimum absolute atomic E-state index is 0.0554. The fourth-order valence-corrected chi connectivity index (χ4v) is 10.4. The van der Waals surface area contributed by atoms with E-state index in [0.717, 1.165) is 21.7 Å². The van der Waals surface area contributed by atoms with Gasteiger partial charge in [-0.15, -0.1) is 0 Å². The van der Waals surface area contributed by atoms with Gasteiger partial charge in [0.1, 0.15) is 36.5 Å². The molecule has 1 spiro atoms. The highest BCUT2D eigenvalue weighted by Gasteiger charge is 2.76. The molecule has 0 aliphatic carbocycles. The maximum absolute atomic E-state index is 16.5. The molecular weight excluding hydrogens is 899 g/mol. The number of para-hydroxylation sites is 1. The van der Waals surface area contributed by atoms with Crippen LogP contribution in [0.25, 0.3) is 0 Å². The first kappa shape index (κ1) is 48.4. The predicted molar refractivity (Wildman–Crippen MR) is 265 cm³/mol. The lowest BCUT2D eigenvalue weighted by Gasteiger charge is -2.46. The van der Waals surface area contributed by atoms with Gasteiger partial charge < -0.3 is 29.4 Å². The number of hydrogen-bond acceptors (Lipinski definition) is 12. The number of amides is 3. The molecule has 71 heavy (non-hydrogen) atoms. The van der Waals surface area contributed by atoms with Gasteiger partial charge in [-0.2, -0.15) is 0 Å². The number of anilines is 1. The Bertz CT molecular complexity index is 2900. The van der Waals surface area contributed by atoms with Crippen LogP contribution in [-0.2, 0) is 47.0 Å². The number of ether oxygens (including phenoxy) is 4. The first-order valence-corrected chi connectivity index (χ1v) is 23.7. The van der Waals surface area contributed by atoms with Crippen LogP contribution in [0.15, 0.2) is 158 Å². The van der Waals surface area contributed by atoms with Gasteiger partial charge in [0.25, 0.3) is 0 Å². The zero-order chi connectivity index (χ0) is 49.3. The molecule has 0 saturated carbocycles. The Morgan fingerprint density at radius 3 is 2.25 bits per heavy atom. The second-order valence-corrected chi connectivity index (χ2v) is 17.7. The fourth-order valence-electron chi connectivity index (χ4n) is 10.4. The zero-order valence-corrected chi connectivity index (χ0v) is 39.6. The van der Waals surface area contributed by atoms with Crippen molar-refractivity contribution in [2.45, 2.75) is 42.6 Å². The number of carbonyl (C=O) groups excluding carboxylic acids is 4. The molecular formula is C57H55N5O9. The molecule has 6 atom stereocenters. The number of esters is 1. The molecule has 4 heterocycles. The SMILES string of the molecule is COCCOC(=O)N1C(=O)[C@@]2(c3cc(C#CCN(C)Cc4ccccc4)ccc31)[C@H](C(=O)NCCc1ccccn1)[C@H]1C(=O)O[C@H](c3ccccc3)[C@H](c3ccccc3)N1[C@@H]2c1ccccc1OCCO. The quantitative estimate of drug-likeness (QED) is 0.0599. The average molecular weight is 954 g/mol. The first-order valence-electron chi connectivity index (χ1n) is 23.7. The van der Waals surface area contributed by atoms with Gasteiger partial charge in [-0.25, -0.2) is 9.69 Å². The lowest BCUT2D eigenvalue weighted by Crippen LogP contribution is -2.56. The van der Waals surface area contributed by atoms with Crippen LogP contribution in [0.1, 0.15) is 57.3 Å². The van der Waals surface area contributed by atoms with E-state index in [1.807, 2.05) is 103 Å². The number of imide groups is 1. The minimum Gasteiger partial charge on any atom is -0.491 e. The minimum atomic E-state index is -2.08. The molecule has 3 amide bonds. The number of nitrogens with one attached hydrogen (secondary N) is 1. The molecule has 14 heteroatoms. The molecule has 3 aliphatic heterocycles. The summed E-state index contributed by atoms with van der Waals surface area (Å²) in [4.78, 5) is 71.8. The third kappa shape index (κ3) is 9.65. The number of aliphatic hydroxyl groups excluding tert-OH is 1. The molecule has 0 unspecified atom stereocenters. The van der Waals surface area contributed by atoms with Crippen molar-refractivity contribution in [2.75, 3.05) is 58.6 Å². The van der Waals surface area contributed by atoms with E-state index in [1.54, 1.807) is 54.7 Å². The van der Waals surface area contributed by atoms with Crippen LogP contribution in [0, 0.1) is 17.8 Å². The Balaban J connectivity index is 1.29. The average Bonchev–Trinajstić information content (AvgIpc) is 3.85. The van der Waals surface area contributed by atoms with E-state index in [0.29, 0.717) is 42.0 Å². The van der Waals surface area contributed by atoms with E-state index >= 15 is 14.4 Å². The highest BCUT2D eigenvalue weighted by Crippen LogP contribution is 2.66. The topological polar surface area (TPSA) is 160 Å². The summed E-state index contributed by atoms with van der Waals surface area (Å²) >= 11 is 0. The Kier molecular flexibility index (Phi) is 15.0. The maximum atomic E-state index is 16.5. The Hall–Kier alpha value is -7.67. The van der Waals surface area contributed by atoms with E-state index in [9.17, 15) is 9.90 Å². The first-order chi connectivity index (χ1) is 34.8. The normalized spacial score (nSPS) is 21.2. The number of carbonyl (C=O) groups is 4. The third-order valence-corrected chi connectivity index (χ3v) is 13.3. The summed E-state index contributed by atoms with van der Waals surface area (Å²) in [5, 5.41) is 13.2. The smallest absolute Gasteiger partial charge is 0.421 e. The number of cyclic esters (lactones) is 1. The molecule has 0 radical (unpaired) electrons. The van der Waals surface area contributed by atoms with Crippen molar-refractivity contribution in [1.29, 1.82) is 0 Å². The summed E-state index contributed by atoms with van der Waals surface area (Å²) in [6, 6.07) is 43.2. The molecule has 362 valence electrons. The van der Waals surface area contributed by atoms with Crippen LogP contribution in [0.4, 0.5) is 10.5 Å². The number of aliphatic hydroxyl groups is 1. The van der Waals surface area contributed by atoms with Crippen LogP contribution in [-0.4, -0.2) is 103 Å². The number of pyridine rings is 1. The third-order valence-electron chi connectivity index (χ3n) is 13.3. The molecule has 9 rings (SSSR count). The monoisotopic (exact) mass is 953 g/mol. The molecule has 6 aromatic rings. The standard InChI is InChI=1S/C57H55N5O9/c1-60(38-40-17-6-3-7-18-40)32-16-19-39-27-28-46-45(37-39)57(55(66)61(46)56(67)70-36-35-68-2)48(53(64)59-31-29-43-24-14-15-30-58-43)50-54(65)71-51(42-22-10-5-11-23-42)49(41-20-8-4-9-21-41)62(50)52(57)44-25-12-13-26-47(44)69-34-33-63/h3-15,17-18,20-28,30,37,48-52,63H,29,31-36,38H2,1-2H3,(H,59,64)/t48-,49-,50-,51+,52+,57-/m0/s1. The predicted octanol–water partition coefficient (Wildman–Crippen LogP) is 6.74. The number of fused-ring (bicyclic) bond motifs is 3. The van der Waals surface area contributed by atoms with E-state index in [1.165, 1.54) is 7.11 Å². The Morgan fingerprint density at radius 2 is 1.54 bits per heavy atom. The van der Waals surface area contributed by atoms with E-state index in [2.05, 4.69) is 39.2 Å². The van der Waals surface area contributed by atoms with Crippen LogP contribution < -0.4 is 15.0 Å². The fraction of sp³-hybridized carbons (Fsp3) is 0.281. The number of rotatable bonds is 16. The van der Waals surface area contributed by atoms with Gasteiger partial charge in [0, 0.05) is 49.6 Å². The van der Waals surface area contributed by atoms with Crippen molar-refractivity contribution in [2.24, 2.45) is 5.92 Å². The van der Waals surface area contributed by atoms with Crippen LogP contribution in [0.5, 0.6) is 5.75 Å². The van der Waals surface area contributed by atoms with Crippen LogP contribution in [0.3, 0.4) is 0 Å². The van der Waals surface area contributed by atoms with Crippen molar-refractivity contribution in [1.82, 2.24) is 20.1 Å². The highest BCUT2D eigenvalue weighted by atomic mass is 16.6. The number of aromatic nitrogens is 1. The van der Waals surface area contributed by atoms with Gasteiger partial charge in [-0.05, 0) is 65.7 Å². The second-order valence-electron chi connectivity index (χ2n) is 17.7. The van der Waals surface area contributed by atoms with Crippen molar-refractivity contribution in [3.05, 3.63) is 197 Å². The van der Waals surface area contributed by atoms with Gasteiger partial charge in [0.05, 0.1) is 43.4 Å².